The van der Waals surface area contributed by atoms with Crippen LogP contribution in [0.25, 0.3) is 10.9 Å². The summed E-state index contributed by atoms with van der Waals surface area (Å²) >= 11 is 0. The minimum Gasteiger partial charge on any atom is -0.356 e. The Labute approximate surface area is 146 Å². The van der Waals surface area contributed by atoms with Crippen LogP contribution >= 0.6 is 0 Å². The maximum absolute atomic E-state index is 12.0. The van der Waals surface area contributed by atoms with E-state index in [0.29, 0.717) is 36.1 Å². The smallest absolute Gasteiger partial charge is 0.258 e. The number of carbonyl (C=O) groups excluding carboxylic acids is 1. The van der Waals surface area contributed by atoms with E-state index in [1.807, 2.05) is 36.4 Å². The number of H-pyrrole nitrogens is 1. The van der Waals surface area contributed by atoms with Gasteiger partial charge < -0.3 is 10.3 Å². The lowest BCUT2D eigenvalue weighted by Gasteiger charge is -2.07. The van der Waals surface area contributed by atoms with Gasteiger partial charge in [0.25, 0.3) is 5.56 Å². The molecule has 0 bridgehead atoms. The van der Waals surface area contributed by atoms with Crippen LogP contribution in [0.5, 0.6) is 0 Å². The molecule has 0 saturated carbocycles. The van der Waals surface area contributed by atoms with Gasteiger partial charge in [0.2, 0.25) is 5.91 Å². The van der Waals surface area contributed by atoms with Crippen LogP contribution in [0.3, 0.4) is 0 Å². The van der Waals surface area contributed by atoms with Gasteiger partial charge in [0.05, 0.1) is 10.9 Å². The van der Waals surface area contributed by atoms with E-state index in [9.17, 15) is 9.59 Å². The van der Waals surface area contributed by atoms with Gasteiger partial charge in [0.15, 0.2) is 0 Å². The molecule has 0 unspecified atom stereocenters. The molecule has 128 valence electrons. The number of aromatic amines is 1. The second-order valence-corrected chi connectivity index (χ2v) is 6.06. The summed E-state index contributed by atoms with van der Waals surface area (Å²) in [4.78, 5) is 31.2. The number of nitrogens with zero attached hydrogens (tertiary/aromatic N) is 1. The standard InChI is InChI=1S/C20H21N3O2/c1-14-6-2-3-7-15(14)10-11-19(24)21-13-12-18-22-17-9-5-4-8-16(17)20(25)23-18/h2-9H,10-13H2,1H3,(H,21,24)(H,22,23,25). The Balaban J connectivity index is 1.52. The van der Waals surface area contributed by atoms with Crippen LogP contribution in [-0.4, -0.2) is 22.4 Å². The zero-order chi connectivity index (χ0) is 17.6. The van der Waals surface area contributed by atoms with E-state index in [1.54, 1.807) is 6.07 Å². The van der Waals surface area contributed by atoms with Crippen molar-refractivity contribution in [3.05, 3.63) is 75.8 Å². The summed E-state index contributed by atoms with van der Waals surface area (Å²) in [6.07, 6.45) is 1.67. The number of hydrogen-bond acceptors (Lipinski definition) is 3. The highest BCUT2D eigenvalue weighted by molar-refractivity contribution is 5.77. The highest BCUT2D eigenvalue weighted by Crippen LogP contribution is 2.09. The highest BCUT2D eigenvalue weighted by atomic mass is 16.1. The first-order chi connectivity index (χ1) is 12.1. The molecule has 0 aliphatic heterocycles. The predicted molar refractivity (Wildman–Crippen MR) is 98.6 cm³/mol. The largest absolute Gasteiger partial charge is 0.356 e. The maximum atomic E-state index is 12.0. The van der Waals surface area contributed by atoms with Crippen LogP contribution < -0.4 is 10.9 Å². The van der Waals surface area contributed by atoms with E-state index in [4.69, 9.17) is 0 Å². The number of aromatic nitrogens is 2. The van der Waals surface area contributed by atoms with Crippen molar-refractivity contribution in [2.45, 2.75) is 26.2 Å². The zero-order valence-electron chi connectivity index (χ0n) is 14.2. The summed E-state index contributed by atoms with van der Waals surface area (Å²) in [6, 6.07) is 15.3. The van der Waals surface area contributed by atoms with Crippen molar-refractivity contribution in [1.29, 1.82) is 0 Å². The molecule has 5 nitrogen and oxygen atoms in total. The summed E-state index contributed by atoms with van der Waals surface area (Å²) in [5.41, 5.74) is 2.92. The molecular weight excluding hydrogens is 314 g/mol. The third-order valence-electron chi connectivity index (χ3n) is 4.23. The number of amides is 1. The molecule has 0 aliphatic carbocycles. The summed E-state index contributed by atoms with van der Waals surface area (Å²) in [5.74, 6) is 0.592. The van der Waals surface area contributed by atoms with E-state index in [1.165, 1.54) is 11.1 Å². The molecule has 5 heteroatoms. The van der Waals surface area contributed by atoms with Crippen LogP contribution in [0.4, 0.5) is 0 Å². The molecule has 0 spiro atoms. The van der Waals surface area contributed by atoms with E-state index in [2.05, 4.69) is 28.3 Å². The number of nitrogens with one attached hydrogen (secondary N) is 2. The van der Waals surface area contributed by atoms with Crippen molar-refractivity contribution in [3.8, 4) is 0 Å². The number of rotatable bonds is 6. The molecule has 1 aromatic heterocycles. The van der Waals surface area contributed by atoms with Gasteiger partial charge in [-0.05, 0) is 36.6 Å². The van der Waals surface area contributed by atoms with Crippen molar-refractivity contribution in [2.24, 2.45) is 0 Å². The van der Waals surface area contributed by atoms with Crippen LogP contribution in [-0.2, 0) is 17.6 Å². The number of benzene rings is 2. The molecule has 1 amide bonds. The quantitative estimate of drug-likeness (QED) is 0.727. The molecule has 2 aromatic carbocycles. The fourth-order valence-corrected chi connectivity index (χ4v) is 2.80. The Morgan fingerprint density at radius 2 is 1.84 bits per heavy atom. The van der Waals surface area contributed by atoms with Gasteiger partial charge in [0.1, 0.15) is 5.82 Å². The van der Waals surface area contributed by atoms with Gasteiger partial charge in [-0.25, -0.2) is 4.98 Å². The zero-order valence-corrected chi connectivity index (χ0v) is 14.2. The topological polar surface area (TPSA) is 74.8 Å². The van der Waals surface area contributed by atoms with E-state index in [0.717, 1.165) is 6.42 Å². The number of carbonyl (C=O) groups is 1. The summed E-state index contributed by atoms with van der Waals surface area (Å²) in [6.45, 7) is 2.50. The summed E-state index contributed by atoms with van der Waals surface area (Å²) < 4.78 is 0. The second kappa shape index (κ2) is 7.75. The molecule has 3 aromatic rings. The highest BCUT2D eigenvalue weighted by Gasteiger charge is 2.06. The third-order valence-corrected chi connectivity index (χ3v) is 4.23. The van der Waals surface area contributed by atoms with Gasteiger partial charge >= 0.3 is 0 Å². The molecule has 3 rings (SSSR count). The second-order valence-electron chi connectivity index (χ2n) is 6.06. The Hall–Kier alpha value is -2.95. The molecule has 0 saturated heterocycles. The Morgan fingerprint density at radius 1 is 1.08 bits per heavy atom. The van der Waals surface area contributed by atoms with Gasteiger partial charge in [0, 0.05) is 19.4 Å². The molecule has 25 heavy (non-hydrogen) atoms. The fraction of sp³-hybridized carbons (Fsp3) is 0.250. The molecule has 0 atom stereocenters. The SMILES string of the molecule is Cc1ccccc1CCC(=O)NCCc1nc2ccccc2c(=O)[nH]1. The van der Waals surface area contributed by atoms with Crippen LogP contribution in [0.1, 0.15) is 23.4 Å². The van der Waals surface area contributed by atoms with Crippen LogP contribution in [0.2, 0.25) is 0 Å². The Kier molecular flexibility index (Phi) is 5.23. The summed E-state index contributed by atoms with van der Waals surface area (Å²) in [7, 11) is 0. The van der Waals surface area contributed by atoms with Gasteiger partial charge in [-0.15, -0.1) is 0 Å². The van der Waals surface area contributed by atoms with Crippen LogP contribution in [0, 0.1) is 6.92 Å². The van der Waals surface area contributed by atoms with Crippen molar-refractivity contribution >= 4 is 16.8 Å². The molecule has 0 radical (unpaired) electrons. The van der Waals surface area contributed by atoms with Crippen molar-refractivity contribution < 1.29 is 4.79 Å². The minimum absolute atomic E-state index is 0.00592. The normalized spacial score (nSPS) is 10.8. The minimum atomic E-state index is -0.147. The predicted octanol–water partition coefficient (Wildman–Crippen LogP) is 2.52. The monoisotopic (exact) mass is 335 g/mol. The van der Waals surface area contributed by atoms with E-state index < -0.39 is 0 Å². The fourth-order valence-electron chi connectivity index (χ4n) is 2.80. The lowest BCUT2D eigenvalue weighted by Crippen LogP contribution is -2.27. The number of hydrogen-bond donors (Lipinski definition) is 2. The van der Waals surface area contributed by atoms with Gasteiger partial charge in [-0.2, -0.15) is 0 Å². The number of fused-ring (bicyclic) bond motifs is 1. The van der Waals surface area contributed by atoms with Crippen molar-refractivity contribution in [3.63, 3.8) is 0 Å². The summed E-state index contributed by atoms with van der Waals surface area (Å²) in [5, 5.41) is 3.46. The molecule has 2 N–H and O–H groups in total. The van der Waals surface area contributed by atoms with Crippen molar-refractivity contribution in [2.75, 3.05) is 6.54 Å². The lowest BCUT2D eigenvalue weighted by molar-refractivity contribution is -0.121. The molecule has 1 heterocycles. The maximum Gasteiger partial charge on any atom is 0.258 e. The Morgan fingerprint density at radius 3 is 2.68 bits per heavy atom. The Bertz CT molecular complexity index is 947. The van der Waals surface area contributed by atoms with E-state index in [-0.39, 0.29) is 11.5 Å². The first-order valence-electron chi connectivity index (χ1n) is 8.42. The van der Waals surface area contributed by atoms with Crippen LogP contribution in [0.15, 0.2) is 53.3 Å². The lowest BCUT2D eigenvalue weighted by atomic mass is 10.0. The van der Waals surface area contributed by atoms with Gasteiger partial charge in [-0.1, -0.05) is 36.4 Å². The average Bonchev–Trinajstić information content (AvgIpc) is 2.61. The molecule has 0 aliphatic rings. The number of aryl methyl sites for hydroxylation is 2. The van der Waals surface area contributed by atoms with Crippen molar-refractivity contribution in [1.82, 2.24) is 15.3 Å². The van der Waals surface area contributed by atoms with E-state index >= 15 is 0 Å². The first-order valence-corrected chi connectivity index (χ1v) is 8.42. The molecule has 0 fully saturated rings. The number of para-hydroxylation sites is 1. The molecular formula is C20H21N3O2. The van der Waals surface area contributed by atoms with Gasteiger partial charge in [-0.3, -0.25) is 9.59 Å². The first kappa shape index (κ1) is 16.9. The third kappa shape index (κ3) is 4.32. The average molecular weight is 335 g/mol.